The molecule has 2 heteroatoms. The van der Waals surface area contributed by atoms with E-state index in [2.05, 4.69) is 30.0 Å². The van der Waals surface area contributed by atoms with E-state index in [0.717, 1.165) is 13.1 Å². The van der Waals surface area contributed by atoms with Gasteiger partial charge in [-0.25, -0.2) is 0 Å². The van der Waals surface area contributed by atoms with E-state index in [1.807, 2.05) is 0 Å². The molecule has 0 amide bonds. The van der Waals surface area contributed by atoms with Gasteiger partial charge in [0.2, 0.25) is 0 Å². The van der Waals surface area contributed by atoms with Crippen LogP contribution in [0, 0.1) is 17.8 Å². The maximum Gasteiger partial charge on any atom is 0.0574 e. The minimum absolute atomic E-state index is 0.504. The molecule has 0 aliphatic carbocycles. The molecule has 80 valence electrons. The second-order valence-electron chi connectivity index (χ2n) is 4.92. The van der Waals surface area contributed by atoms with E-state index in [1.54, 1.807) is 0 Å². The number of piperidine rings is 1. The lowest BCUT2D eigenvalue weighted by molar-refractivity contribution is 0.119. The molecule has 0 aromatic carbocycles. The number of nitrogens with zero attached hydrogens (tertiary/aromatic N) is 1. The Morgan fingerprint density at radius 1 is 1.50 bits per heavy atom. The van der Waals surface area contributed by atoms with Gasteiger partial charge in [-0.2, -0.15) is 0 Å². The number of rotatable bonds is 4. The molecule has 1 aliphatic rings. The normalized spacial score (nSPS) is 21.8. The Morgan fingerprint density at radius 3 is 2.93 bits per heavy atom. The van der Waals surface area contributed by atoms with Crippen molar-refractivity contribution in [3.05, 3.63) is 0 Å². The van der Waals surface area contributed by atoms with Crippen LogP contribution in [0.3, 0.4) is 0 Å². The first-order valence-electron chi connectivity index (χ1n) is 5.51. The number of hydrogen-bond donors (Lipinski definition) is 1. The van der Waals surface area contributed by atoms with Crippen molar-refractivity contribution in [3.8, 4) is 12.3 Å². The Bertz CT molecular complexity index is 203. The fourth-order valence-electron chi connectivity index (χ4n) is 2.13. The Balaban J connectivity index is 2.15. The highest BCUT2D eigenvalue weighted by atomic mass is 15.1. The summed E-state index contributed by atoms with van der Waals surface area (Å²) in [7, 11) is 0. The molecule has 0 unspecified atom stereocenters. The zero-order valence-electron chi connectivity index (χ0n) is 9.47. The third-order valence-electron chi connectivity index (χ3n) is 2.81. The summed E-state index contributed by atoms with van der Waals surface area (Å²) in [6, 6.07) is 0. The van der Waals surface area contributed by atoms with E-state index in [0.29, 0.717) is 12.0 Å². The van der Waals surface area contributed by atoms with Crippen molar-refractivity contribution < 1.29 is 0 Å². The first-order chi connectivity index (χ1) is 6.64. The van der Waals surface area contributed by atoms with Gasteiger partial charge in [0.1, 0.15) is 0 Å². The molecule has 1 heterocycles. The lowest BCUT2D eigenvalue weighted by Crippen LogP contribution is -2.43. The van der Waals surface area contributed by atoms with Gasteiger partial charge in [0, 0.05) is 19.6 Å². The molecule has 0 atom stereocenters. The highest BCUT2D eigenvalue weighted by Crippen LogP contribution is 2.27. The minimum atomic E-state index is 0.504. The average molecular weight is 194 g/mol. The summed E-state index contributed by atoms with van der Waals surface area (Å²) in [4.78, 5) is 2.53. The fourth-order valence-corrected chi connectivity index (χ4v) is 2.13. The van der Waals surface area contributed by atoms with Gasteiger partial charge < -0.3 is 10.2 Å². The summed E-state index contributed by atoms with van der Waals surface area (Å²) < 4.78 is 0. The fraction of sp³-hybridized carbons (Fsp3) is 0.833. The van der Waals surface area contributed by atoms with Crippen LogP contribution in [0.4, 0.5) is 0 Å². The van der Waals surface area contributed by atoms with Gasteiger partial charge >= 0.3 is 0 Å². The molecule has 2 nitrogen and oxygen atoms in total. The molecular weight excluding hydrogens is 172 g/mol. The van der Waals surface area contributed by atoms with Crippen LogP contribution in [-0.4, -0.2) is 37.6 Å². The molecule has 0 radical (unpaired) electrons. The minimum Gasteiger partial charge on any atom is -0.305 e. The summed E-state index contributed by atoms with van der Waals surface area (Å²) >= 11 is 0. The summed E-state index contributed by atoms with van der Waals surface area (Å²) in [6.07, 6.45) is 7.86. The van der Waals surface area contributed by atoms with Crippen LogP contribution in [0.5, 0.6) is 0 Å². The molecule has 1 rings (SSSR count). The standard InChI is InChI=1S/C12H22N2/c1-4-7-13-8-10-14-9-5-6-12(2,3)11-14/h1,13H,5-11H2,2-3H3. The predicted octanol–water partition coefficient (Wildman–Crippen LogP) is 1.33. The second-order valence-corrected chi connectivity index (χ2v) is 4.92. The molecule has 14 heavy (non-hydrogen) atoms. The van der Waals surface area contributed by atoms with Crippen LogP contribution in [0.1, 0.15) is 26.7 Å². The molecular formula is C12H22N2. The van der Waals surface area contributed by atoms with Gasteiger partial charge in [-0.1, -0.05) is 19.8 Å². The van der Waals surface area contributed by atoms with Crippen molar-refractivity contribution in [2.75, 3.05) is 32.7 Å². The summed E-state index contributed by atoms with van der Waals surface area (Å²) in [5, 5.41) is 3.23. The van der Waals surface area contributed by atoms with Crippen LogP contribution < -0.4 is 5.32 Å². The predicted molar refractivity (Wildman–Crippen MR) is 61.2 cm³/mol. The average Bonchev–Trinajstić information content (AvgIpc) is 2.11. The third-order valence-corrected chi connectivity index (χ3v) is 2.81. The Hall–Kier alpha value is -0.520. The summed E-state index contributed by atoms with van der Waals surface area (Å²) in [6.45, 7) is 10.0. The van der Waals surface area contributed by atoms with Gasteiger partial charge in [0.05, 0.1) is 6.54 Å². The molecule has 0 spiro atoms. The first-order valence-corrected chi connectivity index (χ1v) is 5.51. The van der Waals surface area contributed by atoms with E-state index < -0.39 is 0 Å². The van der Waals surface area contributed by atoms with E-state index in [-0.39, 0.29) is 0 Å². The van der Waals surface area contributed by atoms with Crippen molar-refractivity contribution >= 4 is 0 Å². The highest BCUT2D eigenvalue weighted by molar-refractivity contribution is 4.86. The van der Waals surface area contributed by atoms with Crippen molar-refractivity contribution in [3.63, 3.8) is 0 Å². The van der Waals surface area contributed by atoms with E-state index in [9.17, 15) is 0 Å². The monoisotopic (exact) mass is 194 g/mol. The van der Waals surface area contributed by atoms with Crippen LogP contribution in [0.15, 0.2) is 0 Å². The molecule has 1 saturated heterocycles. The summed E-state index contributed by atoms with van der Waals surface area (Å²) in [5.41, 5.74) is 0.504. The number of likely N-dealkylation sites (tertiary alicyclic amines) is 1. The topological polar surface area (TPSA) is 15.3 Å². The van der Waals surface area contributed by atoms with Gasteiger partial charge in [0.25, 0.3) is 0 Å². The Morgan fingerprint density at radius 2 is 2.29 bits per heavy atom. The number of hydrogen-bond acceptors (Lipinski definition) is 2. The molecule has 0 bridgehead atoms. The van der Waals surface area contributed by atoms with Gasteiger partial charge in [-0.15, -0.1) is 6.42 Å². The van der Waals surface area contributed by atoms with E-state index in [1.165, 1.54) is 25.9 Å². The largest absolute Gasteiger partial charge is 0.305 e. The number of nitrogens with one attached hydrogen (secondary N) is 1. The zero-order chi connectivity index (χ0) is 10.4. The maximum atomic E-state index is 5.16. The second kappa shape index (κ2) is 5.38. The third kappa shape index (κ3) is 4.13. The van der Waals surface area contributed by atoms with Crippen molar-refractivity contribution in [2.45, 2.75) is 26.7 Å². The maximum absolute atomic E-state index is 5.16. The van der Waals surface area contributed by atoms with E-state index in [4.69, 9.17) is 6.42 Å². The highest BCUT2D eigenvalue weighted by Gasteiger charge is 2.25. The molecule has 0 saturated carbocycles. The van der Waals surface area contributed by atoms with Gasteiger partial charge in [-0.3, -0.25) is 0 Å². The van der Waals surface area contributed by atoms with Crippen LogP contribution in [0.2, 0.25) is 0 Å². The quantitative estimate of drug-likeness (QED) is 0.536. The molecule has 1 fully saturated rings. The first kappa shape index (κ1) is 11.6. The molecule has 0 aromatic heterocycles. The van der Waals surface area contributed by atoms with Crippen LogP contribution in [-0.2, 0) is 0 Å². The van der Waals surface area contributed by atoms with Crippen molar-refractivity contribution in [2.24, 2.45) is 5.41 Å². The zero-order valence-corrected chi connectivity index (χ0v) is 9.47. The van der Waals surface area contributed by atoms with Crippen molar-refractivity contribution in [1.82, 2.24) is 10.2 Å². The van der Waals surface area contributed by atoms with Gasteiger partial charge in [-0.05, 0) is 24.8 Å². The van der Waals surface area contributed by atoms with E-state index >= 15 is 0 Å². The molecule has 1 N–H and O–H groups in total. The lowest BCUT2D eigenvalue weighted by Gasteiger charge is -2.38. The summed E-state index contributed by atoms with van der Waals surface area (Å²) in [5.74, 6) is 2.59. The smallest absolute Gasteiger partial charge is 0.0574 e. The van der Waals surface area contributed by atoms with Gasteiger partial charge in [0.15, 0.2) is 0 Å². The van der Waals surface area contributed by atoms with Crippen molar-refractivity contribution in [1.29, 1.82) is 0 Å². The lowest BCUT2D eigenvalue weighted by atomic mass is 9.84. The Kier molecular flexibility index (Phi) is 4.44. The van der Waals surface area contributed by atoms with Crippen LogP contribution >= 0.6 is 0 Å². The number of terminal acetylenes is 1. The molecule has 1 aliphatic heterocycles. The Labute approximate surface area is 88.1 Å². The molecule has 0 aromatic rings. The van der Waals surface area contributed by atoms with Crippen LogP contribution in [0.25, 0.3) is 0 Å². The SMILES string of the molecule is C#CCNCCN1CCCC(C)(C)C1.